The van der Waals surface area contributed by atoms with Gasteiger partial charge >= 0.3 is 5.97 Å². The summed E-state index contributed by atoms with van der Waals surface area (Å²) >= 11 is 0. The number of hydrogen-bond donors (Lipinski definition) is 4. The molecule has 0 aromatic carbocycles. The van der Waals surface area contributed by atoms with Crippen molar-refractivity contribution in [2.45, 2.75) is 37.3 Å². The zero-order valence-corrected chi connectivity index (χ0v) is 8.40. The predicted octanol–water partition coefficient (Wildman–Crippen LogP) is -1.18. The molecular formula is C9H16N2O4. The van der Waals surface area contributed by atoms with Crippen LogP contribution in [-0.2, 0) is 9.59 Å². The fourth-order valence-electron chi connectivity index (χ4n) is 1.41. The Morgan fingerprint density at radius 2 is 2.07 bits per heavy atom. The molecule has 0 aliphatic heterocycles. The highest BCUT2D eigenvalue weighted by Gasteiger charge is 2.39. The first kappa shape index (κ1) is 11.9. The van der Waals surface area contributed by atoms with Crippen LogP contribution in [0.2, 0.25) is 0 Å². The van der Waals surface area contributed by atoms with E-state index in [9.17, 15) is 9.59 Å². The minimum Gasteiger partial charge on any atom is -0.479 e. The van der Waals surface area contributed by atoms with Crippen molar-refractivity contribution in [3.63, 3.8) is 0 Å². The van der Waals surface area contributed by atoms with Crippen molar-refractivity contribution in [1.82, 2.24) is 5.32 Å². The molecule has 1 saturated carbocycles. The molecule has 0 unspecified atom stereocenters. The lowest BCUT2D eigenvalue weighted by Gasteiger charge is -2.36. The normalized spacial score (nSPS) is 20.1. The predicted molar refractivity (Wildman–Crippen MR) is 52.0 cm³/mol. The van der Waals surface area contributed by atoms with E-state index in [1.807, 2.05) is 0 Å². The Labute approximate surface area is 87.5 Å². The van der Waals surface area contributed by atoms with Crippen molar-refractivity contribution >= 4 is 11.9 Å². The number of nitrogens with one attached hydrogen (secondary N) is 1. The lowest BCUT2D eigenvalue weighted by atomic mass is 9.77. The van der Waals surface area contributed by atoms with Gasteiger partial charge in [-0.2, -0.15) is 0 Å². The molecule has 6 nitrogen and oxygen atoms in total. The van der Waals surface area contributed by atoms with Gasteiger partial charge in [0.1, 0.15) is 0 Å². The molecule has 0 saturated heterocycles. The standard InChI is InChI=1S/C9H16N2O4/c10-9(3-1-4-9)8(15)11-5-2-6(12)7(13)14/h6,12H,1-5,10H2,(H,11,15)(H,13,14)/t6-/m0/s1. The summed E-state index contributed by atoms with van der Waals surface area (Å²) in [6, 6.07) is 0. The molecule has 5 N–H and O–H groups in total. The lowest BCUT2D eigenvalue weighted by Crippen LogP contribution is -2.58. The Morgan fingerprint density at radius 3 is 2.47 bits per heavy atom. The largest absolute Gasteiger partial charge is 0.479 e. The van der Waals surface area contributed by atoms with E-state index in [0.717, 1.165) is 6.42 Å². The van der Waals surface area contributed by atoms with Crippen LogP contribution in [0, 0.1) is 0 Å². The molecule has 1 fully saturated rings. The Morgan fingerprint density at radius 1 is 1.47 bits per heavy atom. The Bertz CT molecular complexity index is 263. The summed E-state index contributed by atoms with van der Waals surface area (Å²) in [5, 5.41) is 19.8. The van der Waals surface area contributed by atoms with Crippen LogP contribution in [0.3, 0.4) is 0 Å². The highest BCUT2D eigenvalue weighted by molar-refractivity contribution is 5.87. The number of carbonyl (C=O) groups is 2. The third-order valence-electron chi connectivity index (χ3n) is 2.69. The number of carboxylic acid groups (broad SMARTS) is 1. The minimum absolute atomic E-state index is 0.00282. The minimum atomic E-state index is -1.43. The summed E-state index contributed by atoms with van der Waals surface area (Å²) in [7, 11) is 0. The summed E-state index contributed by atoms with van der Waals surface area (Å²) in [4.78, 5) is 21.7. The van der Waals surface area contributed by atoms with Crippen LogP contribution in [0.25, 0.3) is 0 Å². The summed E-state index contributed by atoms with van der Waals surface area (Å²) in [5.41, 5.74) is 4.96. The molecule has 15 heavy (non-hydrogen) atoms. The van der Waals surface area contributed by atoms with Gasteiger partial charge in [-0.1, -0.05) is 0 Å². The molecular weight excluding hydrogens is 200 g/mol. The van der Waals surface area contributed by atoms with E-state index in [2.05, 4.69) is 5.32 Å². The van der Waals surface area contributed by atoms with E-state index in [1.165, 1.54) is 0 Å². The third kappa shape index (κ3) is 2.90. The van der Waals surface area contributed by atoms with Crippen molar-refractivity contribution in [3.8, 4) is 0 Å². The van der Waals surface area contributed by atoms with Crippen LogP contribution < -0.4 is 11.1 Å². The van der Waals surface area contributed by atoms with Crippen molar-refractivity contribution in [3.05, 3.63) is 0 Å². The number of carboxylic acids is 1. The van der Waals surface area contributed by atoms with Crippen molar-refractivity contribution in [2.24, 2.45) is 5.73 Å². The Balaban J connectivity index is 2.20. The summed E-state index contributed by atoms with van der Waals surface area (Å²) in [6.07, 6.45) is 0.847. The van der Waals surface area contributed by atoms with Crippen LogP contribution in [0.4, 0.5) is 0 Å². The van der Waals surface area contributed by atoms with Gasteiger partial charge in [0.05, 0.1) is 5.54 Å². The van der Waals surface area contributed by atoms with Gasteiger partial charge in [0.25, 0.3) is 0 Å². The maximum Gasteiger partial charge on any atom is 0.332 e. The van der Waals surface area contributed by atoms with E-state index in [4.69, 9.17) is 15.9 Å². The van der Waals surface area contributed by atoms with Gasteiger partial charge in [-0.3, -0.25) is 4.79 Å². The first-order valence-corrected chi connectivity index (χ1v) is 4.94. The molecule has 0 heterocycles. The second-order valence-electron chi connectivity index (χ2n) is 3.91. The smallest absolute Gasteiger partial charge is 0.332 e. The second-order valence-corrected chi connectivity index (χ2v) is 3.91. The highest BCUT2D eigenvalue weighted by atomic mass is 16.4. The average molecular weight is 216 g/mol. The SMILES string of the molecule is NC1(C(=O)NCC[C@H](O)C(=O)O)CCC1. The van der Waals surface area contributed by atoms with E-state index >= 15 is 0 Å². The number of aliphatic hydroxyl groups excluding tert-OH is 1. The van der Waals surface area contributed by atoms with Gasteiger partial charge in [-0.25, -0.2) is 4.79 Å². The van der Waals surface area contributed by atoms with Crippen molar-refractivity contribution in [2.75, 3.05) is 6.54 Å². The van der Waals surface area contributed by atoms with E-state index in [1.54, 1.807) is 0 Å². The zero-order valence-electron chi connectivity index (χ0n) is 8.40. The van der Waals surface area contributed by atoms with Gasteiger partial charge in [-0.05, 0) is 19.3 Å². The first-order valence-electron chi connectivity index (χ1n) is 4.94. The molecule has 1 rings (SSSR count). The molecule has 0 radical (unpaired) electrons. The third-order valence-corrected chi connectivity index (χ3v) is 2.69. The van der Waals surface area contributed by atoms with Crippen LogP contribution >= 0.6 is 0 Å². The zero-order chi connectivity index (χ0) is 11.5. The van der Waals surface area contributed by atoms with Crippen LogP contribution in [0.15, 0.2) is 0 Å². The van der Waals surface area contributed by atoms with E-state index in [-0.39, 0.29) is 18.9 Å². The number of aliphatic carboxylic acids is 1. The van der Waals surface area contributed by atoms with Crippen LogP contribution in [0.5, 0.6) is 0 Å². The summed E-state index contributed by atoms with van der Waals surface area (Å²) in [6.45, 7) is 0.130. The van der Waals surface area contributed by atoms with Gasteiger partial charge in [0.2, 0.25) is 5.91 Å². The Hall–Kier alpha value is -1.14. The highest BCUT2D eigenvalue weighted by Crippen LogP contribution is 2.28. The first-order chi connectivity index (χ1) is 6.96. The fraction of sp³-hybridized carbons (Fsp3) is 0.778. The molecule has 1 aliphatic carbocycles. The maximum absolute atomic E-state index is 11.4. The average Bonchev–Trinajstić information content (AvgIpc) is 2.13. The molecule has 0 aromatic heterocycles. The number of carbonyl (C=O) groups excluding carboxylic acids is 1. The monoisotopic (exact) mass is 216 g/mol. The number of hydrogen-bond acceptors (Lipinski definition) is 4. The molecule has 0 aromatic rings. The molecule has 1 aliphatic rings. The number of rotatable bonds is 5. The van der Waals surface area contributed by atoms with E-state index in [0.29, 0.717) is 12.8 Å². The Kier molecular flexibility index (Phi) is 3.65. The van der Waals surface area contributed by atoms with Crippen LogP contribution in [0.1, 0.15) is 25.7 Å². The quantitative estimate of drug-likeness (QED) is 0.462. The number of amides is 1. The number of nitrogens with two attached hydrogens (primary N) is 1. The molecule has 0 bridgehead atoms. The van der Waals surface area contributed by atoms with Crippen LogP contribution in [-0.4, -0.2) is 40.3 Å². The molecule has 1 amide bonds. The van der Waals surface area contributed by atoms with Gasteiger partial charge in [-0.15, -0.1) is 0 Å². The molecule has 6 heteroatoms. The van der Waals surface area contributed by atoms with E-state index < -0.39 is 17.6 Å². The number of aliphatic hydroxyl groups is 1. The second kappa shape index (κ2) is 4.59. The fourth-order valence-corrected chi connectivity index (χ4v) is 1.41. The molecule has 86 valence electrons. The van der Waals surface area contributed by atoms with Gasteiger partial charge < -0.3 is 21.3 Å². The molecule has 0 spiro atoms. The van der Waals surface area contributed by atoms with Crippen molar-refractivity contribution in [1.29, 1.82) is 0 Å². The topological polar surface area (TPSA) is 113 Å². The maximum atomic E-state index is 11.4. The van der Waals surface area contributed by atoms with Gasteiger partial charge in [0.15, 0.2) is 6.10 Å². The lowest BCUT2D eigenvalue weighted by molar-refractivity contribution is -0.147. The molecule has 1 atom stereocenters. The summed E-state index contributed by atoms with van der Waals surface area (Å²) < 4.78 is 0. The summed E-state index contributed by atoms with van der Waals surface area (Å²) in [5.74, 6) is -1.54. The van der Waals surface area contributed by atoms with Gasteiger partial charge in [0, 0.05) is 13.0 Å². The van der Waals surface area contributed by atoms with Crippen molar-refractivity contribution < 1.29 is 19.8 Å².